The van der Waals surface area contributed by atoms with E-state index in [0.29, 0.717) is 26.1 Å². The van der Waals surface area contributed by atoms with Gasteiger partial charge in [0.1, 0.15) is 0 Å². The van der Waals surface area contributed by atoms with Gasteiger partial charge in [-0.05, 0) is 12.8 Å². The fraction of sp³-hybridized carbons (Fsp3) is 1.00. The van der Waals surface area contributed by atoms with E-state index >= 15 is 0 Å². The Morgan fingerprint density at radius 2 is 2.21 bits per heavy atom. The van der Waals surface area contributed by atoms with Crippen molar-refractivity contribution < 1.29 is 47.3 Å². The molecule has 0 spiro atoms. The van der Waals surface area contributed by atoms with Gasteiger partial charge in [-0.3, -0.25) is 0 Å². The van der Waals surface area contributed by atoms with Crippen LogP contribution >= 0.6 is 0 Å². The maximum atomic E-state index is 10.3. The fourth-order valence-corrected chi connectivity index (χ4v) is 1.83. The van der Waals surface area contributed by atoms with Crippen molar-refractivity contribution in [3.05, 3.63) is 0 Å². The smallest absolute Gasteiger partial charge is 0.748 e. The number of rotatable bonds is 4. The summed E-state index contributed by atoms with van der Waals surface area (Å²) in [5.74, 6) is -0.273. The second-order valence-corrected chi connectivity index (χ2v) is 4.65. The minimum atomic E-state index is -4.04. The molecule has 0 bridgehead atoms. The molecule has 0 saturated carbocycles. The molecular weight excluding hydrogens is 217 g/mol. The van der Waals surface area contributed by atoms with Gasteiger partial charge in [0.25, 0.3) is 0 Å². The van der Waals surface area contributed by atoms with Gasteiger partial charge in [-0.25, -0.2) is 8.42 Å². The third-order valence-corrected chi connectivity index (χ3v) is 2.73. The second kappa shape index (κ2) is 7.16. The molecule has 78 valence electrons. The summed E-state index contributed by atoms with van der Waals surface area (Å²) >= 11 is 0. The third-order valence-electron chi connectivity index (χ3n) is 1.95. The zero-order valence-electron chi connectivity index (χ0n) is 8.36. The Labute approximate surface area is 107 Å². The summed E-state index contributed by atoms with van der Waals surface area (Å²) in [6.45, 7) is 2.12. The van der Waals surface area contributed by atoms with Gasteiger partial charge in [0.05, 0.1) is 23.3 Å². The summed E-state index contributed by atoms with van der Waals surface area (Å²) in [4.78, 5) is 0. The molecule has 1 unspecified atom stereocenters. The molecule has 0 aliphatic carbocycles. The van der Waals surface area contributed by atoms with Crippen molar-refractivity contribution >= 4 is 10.1 Å². The largest absolute Gasteiger partial charge is 1.00 e. The molecular formula is C7H14NNaO4S. The average Bonchev–Trinajstić information content (AvgIpc) is 2.04. The molecule has 1 N–H and O–H groups in total. The van der Waals surface area contributed by atoms with E-state index in [4.69, 9.17) is 4.74 Å². The second-order valence-electron chi connectivity index (χ2n) is 3.13. The molecule has 1 aliphatic heterocycles. The van der Waals surface area contributed by atoms with Crippen molar-refractivity contribution in [2.24, 2.45) is 0 Å². The van der Waals surface area contributed by atoms with Gasteiger partial charge in [0, 0.05) is 18.3 Å². The predicted molar refractivity (Wildman–Crippen MR) is 46.4 cm³/mol. The summed E-state index contributed by atoms with van der Waals surface area (Å²) in [5.41, 5.74) is 0. The van der Waals surface area contributed by atoms with Gasteiger partial charge in [0.15, 0.2) is 0 Å². The summed E-state index contributed by atoms with van der Waals surface area (Å²) in [6.07, 6.45) is 1.09. The van der Waals surface area contributed by atoms with Gasteiger partial charge >= 0.3 is 29.6 Å². The first-order chi connectivity index (χ1) is 6.08. The Morgan fingerprint density at radius 1 is 1.50 bits per heavy atom. The standard InChI is InChI=1S/C7H15NO4S.Na/c9-13(10,11)5-1-2-7-6-12-4-3-8-7;/h7-8H,1-6H2,(H,9,10,11);/q;+1/p-1. The zero-order chi connectivity index (χ0) is 9.73. The Morgan fingerprint density at radius 3 is 2.71 bits per heavy atom. The van der Waals surface area contributed by atoms with Crippen LogP contribution in [0.4, 0.5) is 0 Å². The van der Waals surface area contributed by atoms with Crippen LogP contribution in [0.5, 0.6) is 0 Å². The first kappa shape index (κ1) is 14.8. The molecule has 1 saturated heterocycles. The maximum absolute atomic E-state index is 10.3. The van der Waals surface area contributed by atoms with E-state index in [-0.39, 0.29) is 41.4 Å². The van der Waals surface area contributed by atoms with Crippen molar-refractivity contribution in [2.45, 2.75) is 18.9 Å². The summed E-state index contributed by atoms with van der Waals surface area (Å²) in [7, 11) is -4.04. The van der Waals surface area contributed by atoms with Crippen molar-refractivity contribution in [2.75, 3.05) is 25.5 Å². The van der Waals surface area contributed by atoms with Gasteiger partial charge < -0.3 is 14.6 Å². The Balaban J connectivity index is 0.00000169. The van der Waals surface area contributed by atoms with E-state index in [9.17, 15) is 13.0 Å². The maximum Gasteiger partial charge on any atom is 1.00 e. The Kier molecular flexibility index (Phi) is 7.59. The van der Waals surface area contributed by atoms with E-state index in [1.165, 1.54) is 0 Å². The van der Waals surface area contributed by atoms with Crippen LogP contribution < -0.4 is 34.9 Å². The van der Waals surface area contributed by atoms with Crippen LogP contribution in [0.15, 0.2) is 0 Å². The molecule has 1 atom stereocenters. The number of morpholine rings is 1. The van der Waals surface area contributed by atoms with E-state index in [1.54, 1.807) is 0 Å². The normalized spacial score (nSPS) is 22.8. The van der Waals surface area contributed by atoms with Gasteiger partial charge in [-0.15, -0.1) is 0 Å². The molecule has 0 aromatic rings. The summed E-state index contributed by atoms with van der Waals surface area (Å²) in [5, 5.41) is 3.18. The first-order valence-corrected chi connectivity index (χ1v) is 5.90. The minimum absolute atomic E-state index is 0. The van der Waals surface area contributed by atoms with Gasteiger partial charge in [0.2, 0.25) is 0 Å². The van der Waals surface area contributed by atoms with E-state index in [1.807, 2.05) is 0 Å². The molecule has 1 rings (SSSR count). The average molecular weight is 231 g/mol. The predicted octanol–water partition coefficient (Wildman–Crippen LogP) is -3.70. The molecule has 0 radical (unpaired) electrons. The molecule has 1 fully saturated rings. The minimum Gasteiger partial charge on any atom is -0.748 e. The zero-order valence-corrected chi connectivity index (χ0v) is 11.2. The summed E-state index contributed by atoms with van der Waals surface area (Å²) < 4.78 is 36.0. The molecule has 7 heteroatoms. The molecule has 5 nitrogen and oxygen atoms in total. The van der Waals surface area contributed by atoms with Crippen LogP contribution in [0, 0.1) is 0 Å². The van der Waals surface area contributed by atoms with E-state index in [2.05, 4.69) is 5.32 Å². The van der Waals surface area contributed by atoms with Crippen molar-refractivity contribution in [1.29, 1.82) is 0 Å². The van der Waals surface area contributed by atoms with Crippen LogP contribution in [0.25, 0.3) is 0 Å². The number of ether oxygens (including phenoxy) is 1. The van der Waals surface area contributed by atoms with Crippen LogP contribution in [-0.2, 0) is 14.9 Å². The number of hydrogen-bond donors (Lipinski definition) is 1. The van der Waals surface area contributed by atoms with Crippen LogP contribution in [0.2, 0.25) is 0 Å². The van der Waals surface area contributed by atoms with Crippen LogP contribution in [0.1, 0.15) is 12.8 Å². The Hall–Kier alpha value is 0.830. The molecule has 1 aliphatic rings. The molecule has 0 aromatic heterocycles. The Bertz CT molecular complexity index is 238. The molecule has 0 aromatic carbocycles. The SMILES string of the molecule is O=S(=O)([O-])CCCC1COCCN1.[Na+]. The van der Waals surface area contributed by atoms with Crippen molar-refractivity contribution in [3.8, 4) is 0 Å². The topological polar surface area (TPSA) is 78.5 Å². The number of nitrogens with one attached hydrogen (secondary N) is 1. The monoisotopic (exact) mass is 231 g/mol. The van der Waals surface area contributed by atoms with E-state index < -0.39 is 10.1 Å². The quantitative estimate of drug-likeness (QED) is 0.398. The van der Waals surface area contributed by atoms with Crippen molar-refractivity contribution in [3.63, 3.8) is 0 Å². The van der Waals surface area contributed by atoms with Gasteiger partial charge in [-0.1, -0.05) is 0 Å². The van der Waals surface area contributed by atoms with Gasteiger partial charge in [-0.2, -0.15) is 0 Å². The van der Waals surface area contributed by atoms with Crippen molar-refractivity contribution in [1.82, 2.24) is 5.32 Å². The number of hydrogen-bond acceptors (Lipinski definition) is 5. The van der Waals surface area contributed by atoms with E-state index in [0.717, 1.165) is 6.54 Å². The fourth-order valence-electron chi connectivity index (χ4n) is 1.31. The summed E-state index contributed by atoms with van der Waals surface area (Å²) in [6, 6.07) is 0.204. The molecule has 1 heterocycles. The third kappa shape index (κ3) is 7.17. The van der Waals surface area contributed by atoms with Crippen LogP contribution in [-0.4, -0.2) is 44.5 Å². The first-order valence-electron chi connectivity index (χ1n) is 4.32. The molecule has 14 heavy (non-hydrogen) atoms. The van der Waals surface area contributed by atoms with Crippen LogP contribution in [0.3, 0.4) is 0 Å². The molecule has 0 amide bonds.